The highest BCUT2D eigenvalue weighted by atomic mass is 16.5. The number of methoxy groups -OCH3 is 1. The van der Waals surface area contributed by atoms with E-state index in [4.69, 9.17) is 18.9 Å². The Morgan fingerprint density at radius 3 is 2.08 bits per heavy atom. The van der Waals surface area contributed by atoms with Gasteiger partial charge >= 0.3 is 11.9 Å². The summed E-state index contributed by atoms with van der Waals surface area (Å²) >= 11 is 0. The first kappa shape index (κ1) is 28.0. The Balaban J connectivity index is 1.86. The van der Waals surface area contributed by atoms with Crippen molar-refractivity contribution in [3.63, 3.8) is 0 Å². The van der Waals surface area contributed by atoms with Crippen LogP contribution >= 0.6 is 0 Å². The number of Topliss-reactive ketones (excluding diaryl/α,β-unsaturated/α-hetero) is 1. The maximum absolute atomic E-state index is 14.3. The number of hydrogen-bond donors (Lipinski definition) is 1. The first-order chi connectivity index (χ1) is 18.8. The molecule has 1 N–H and O–H groups in total. The lowest BCUT2D eigenvalue weighted by atomic mass is 9.67. The number of benzene rings is 2. The molecule has 3 unspecified atom stereocenters. The minimum Gasteiger partial charge on any atom is -0.497 e. The van der Waals surface area contributed by atoms with Crippen molar-refractivity contribution in [3.05, 3.63) is 82.2 Å². The molecule has 1 aliphatic carbocycles. The van der Waals surface area contributed by atoms with E-state index >= 15 is 0 Å². The van der Waals surface area contributed by atoms with Crippen LogP contribution in [0.4, 0.5) is 0 Å². The predicted octanol–water partition coefficient (Wildman–Crippen LogP) is 4.81. The van der Waals surface area contributed by atoms with Crippen molar-refractivity contribution in [2.75, 3.05) is 26.9 Å². The van der Waals surface area contributed by atoms with Crippen molar-refractivity contribution in [2.45, 2.75) is 46.0 Å². The molecule has 0 amide bonds. The Hall–Kier alpha value is -4.07. The van der Waals surface area contributed by atoms with E-state index in [0.717, 1.165) is 11.1 Å². The van der Waals surface area contributed by atoms with Crippen molar-refractivity contribution < 1.29 is 33.3 Å². The monoisotopic (exact) mass is 533 g/mol. The van der Waals surface area contributed by atoms with E-state index in [-0.39, 0.29) is 19.0 Å². The van der Waals surface area contributed by atoms with Crippen molar-refractivity contribution in [1.29, 1.82) is 0 Å². The molecule has 2 aromatic rings. The molecule has 1 aliphatic heterocycles. The lowest BCUT2D eigenvalue weighted by Crippen LogP contribution is -2.43. The van der Waals surface area contributed by atoms with Gasteiger partial charge in [-0.2, -0.15) is 0 Å². The van der Waals surface area contributed by atoms with E-state index in [0.29, 0.717) is 47.1 Å². The van der Waals surface area contributed by atoms with Gasteiger partial charge in [0.1, 0.15) is 17.4 Å². The zero-order valence-corrected chi connectivity index (χ0v) is 23.0. The molecule has 0 saturated carbocycles. The molecule has 0 aromatic heterocycles. The number of carbonyl (C=O) groups excluding carboxylic acids is 3. The highest BCUT2D eigenvalue weighted by Crippen LogP contribution is 2.48. The number of nitrogens with one attached hydrogen (secondary N) is 1. The smallest absolute Gasteiger partial charge is 0.336 e. The van der Waals surface area contributed by atoms with Gasteiger partial charge in [-0.15, -0.1) is 0 Å². The first-order valence-corrected chi connectivity index (χ1v) is 13.3. The zero-order chi connectivity index (χ0) is 28.1. The molecule has 206 valence electrons. The average Bonchev–Trinajstić information content (AvgIpc) is 2.93. The van der Waals surface area contributed by atoms with Gasteiger partial charge in [-0.3, -0.25) is 9.59 Å². The highest BCUT2D eigenvalue weighted by Gasteiger charge is 2.49. The molecule has 2 aromatic carbocycles. The van der Waals surface area contributed by atoms with Gasteiger partial charge in [-0.1, -0.05) is 24.3 Å². The van der Waals surface area contributed by atoms with Crippen molar-refractivity contribution in [1.82, 2.24) is 5.32 Å². The molecular weight excluding hydrogens is 498 g/mol. The normalized spacial score (nSPS) is 20.6. The molecule has 3 atom stereocenters. The third-order valence-corrected chi connectivity index (χ3v) is 7.12. The lowest BCUT2D eigenvalue weighted by molar-refractivity contribution is -0.152. The van der Waals surface area contributed by atoms with Crippen LogP contribution in [0.25, 0.3) is 0 Å². The van der Waals surface area contributed by atoms with Gasteiger partial charge in [0.25, 0.3) is 0 Å². The summed E-state index contributed by atoms with van der Waals surface area (Å²) < 4.78 is 21.7. The van der Waals surface area contributed by atoms with Gasteiger partial charge in [0, 0.05) is 28.8 Å². The number of rotatable bonds is 9. The molecule has 8 heteroatoms. The number of dihydropyridines is 1. The molecule has 0 spiro atoms. The number of allylic oxidation sites excluding steroid dienone is 3. The van der Waals surface area contributed by atoms with Gasteiger partial charge in [0.05, 0.1) is 32.5 Å². The van der Waals surface area contributed by atoms with Crippen LogP contribution in [-0.2, 0) is 23.9 Å². The van der Waals surface area contributed by atoms with E-state index in [9.17, 15) is 14.4 Å². The Morgan fingerprint density at radius 2 is 1.49 bits per heavy atom. The van der Waals surface area contributed by atoms with Crippen LogP contribution in [0.5, 0.6) is 11.5 Å². The second-order valence-electron chi connectivity index (χ2n) is 9.39. The third kappa shape index (κ3) is 5.55. The number of carbonyl (C=O) groups is 3. The second-order valence-corrected chi connectivity index (χ2v) is 9.39. The fourth-order valence-electron chi connectivity index (χ4n) is 5.44. The fraction of sp³-hybridized carbons (Fsp3) is 0.387. The number of esters is 2. The third-order valence-electron chi connectivity index (χ3n) is 7.12. The van der Waals surface area contributed by atoms with Gasteiger partial charge in [0.2, 0.25) is 0 Å². The quantitative estimate of drug-likeness (QED) is 0.362. The summed E-state index contributed by atoms with van der Waals surface area (Å²) in [6.45, 7) is 8.02. The van der Waals surface area contributed by atoms with E-state index in [1.54, 1.807) is 21.0 Å². The van der Waals surface area contributed by atoms with Crippen LogP contribution in [0, 0.1) is 5.92 Å². The van der Waals surface area contributed by atoms with Crippen LogP contribution in [0.1, 0.15) is 57.1 Å². The molecule has 0 fully saturated rings. The van der Waals surface area contributed by atoms with Crippen molar-refractivity contribution in [3.8, 4) is 11.5 Å². The SMILES string of the molecule is CCOC(=O)C1=C(C)NC2=C(C(=O)C(C(=O)OCC)C(c3ccc(OC)cc3)C2)C1c1ccc(OCC)cc1. The van der Waals surface area contributed by atoms with Crippen LogP contribution in [0.15, 0.2) is 71.1 Å². The van der Waals surface area contributed by atoms with E-state index in [1.807, 2.05) is 62.4 Å². The molecule has 8 nitrogen and oxygen atoms in total. The highest BCUT2D eigenvalue weighted by molar-refractivity contribution is 6.13. The fourth-order valence-corrected chi connectivity index (χ4v) is 5.44. The van der Waals surface area contributed by atoms with Crippen LogP contribution in [-0.4, -0.2) is 44.7 Å². The lowest BCUT2D eigenvalue weighted by Gasteiger charge is -2.39. The summed E-state index contributed by atoms with van der Waals surface area (Å²) in [6.07, 6.45) is 0.387. The number of hydrogen-bond acceptors (Lipinski definition) is 8. The molecule has 2 aliphatic rings. The minimum atomic E-state index is -1.06. The maximum Gasteiger partial charge on any atom is 0.336 e. The maximum atomic E-state index is 14.3. The summed E-state index contributed by atoms with van der Waals surface area (Å²) in [5.74, 6) is -2.32. The topological polar surface area (TPSA) is 100 Å². The molecule has 4 rings (SSSR count). The number of ketones is 1. The average molecular weight is 534 g/mol. The van der Waals surface area contributed by atoms with Gasteiger partial charge < -0.3 is 24.3 Å². The van der Waals surface area contributed by atoms with Crippen LogP contribution in [0.2, 0.25) is 0 Å². The van der Waals surface area contributed by atoms with E-state index in [2.05, 4.69) is 5.32 Å². The summed E-state index contributed by atoms with van der Waals surface area (Å²) in [5.41, 5.74) is 3.58. The second kappa shape index (κ2) is 12.2. The Morgan fingerprint density at radius 1 is 0.872 bits per heavy atom. The zero-order valence-electron chi connectivity index (χ0n) is 23.0. The minimum absolute atomic E-state index is 0.150. The van der Waals surface area contributed by atoms with Crippen LogP contribution in [0.3, 0.4) is 0 Å². The van der Waals surface area contributed by atoms with Gasteiger partial charge in [0.15, 0.2) is 5.78 Å². The molecule has 0 bridgehead atoms. The van der Waals surface area contributed by atoms with Gasteiger partial charge in [-0.25, -0.2) is 4.79 Å². The van der Waals surface area contributed by atoms with Crippen molar-refractivity contribution >= 4 is 17.7 Å². The summed E-state index contributed by atoms with van der Waals surface area (Å²) in [7, 11) is 1.58. The van der Waals surface area contributed by atoms with E-state index in [1.165, 1.54) is 0 Å². The van der Waals surface area contributed by atoms with Gasteiger partial charge in [-0.05, 0) is 69.5 Å². The molecule has 0 saturated heterocycles. The molecule has 39 heavy (non-hydrogen) atoms. The molecule has 0 radical (unpaired) electrons. The van der Waals surface area contributed by atoms with Crippen molar-refractivity contribution in [2.24, 2.45) is 5.92 Å². The predicted molar refractivity (Wildman–Crippen MR) is 145 cm³/mol. The Labute approximate surface area is 229 Å². The summed E-state index contributed by atoms with van der Waals surface area (Å²) in [6, 6.07) is 14.7. The van der Waals surface area contributed by atoms with Crippen LogP contribution < -0.4 is 14.8 Å². The number of ether oxygens (including phenoxy) is 4. The Kier molecular flexibility index (Phi) is 8.74. The van der Waals surface area contributed by atoms with E-state index < -0.39 is 29.7 Å². The Bertz CT molecular complexity index is 1290. The first-order valence-electron chi connectivity index (χ1n) is 13.3. The largest absolute Gasteiger partial charge is 0.497 e. The molecule has 1 heterocycles. The summed E-state index contributed by atoms with van der Waals surface area (Å²) in [4.78, 5) is 40.9. The standard InChI is InChI=1S/C31H35NO7/c1-6-37-22-15-11-20(12-16-22)26-25(30(34)38-7-2)18(4)32-24-17-23(19-9-13-21(36-5)14-10-19)27(29(33)28(24)26)31(35)39-8-3/h9-16,23,26-27,32H,6-8,17H2,1-5H3. The summed E-state index contributed by atoms with van der Waals surface area (Å²) in [5, 5.41) is 3.32. The molecular formula is C31H35NO7.